The van der Waals surface area contributed by atoms with E-state index in [1.807, 2.05) is 12.1 Å². The molecule has 0 unspecified atom stereocenters. The van der Waals surface area contributed by atoms with Crippen LogP contribution >= 0.6 is 0 Å². The van der Waals surface area contributed by atoms with Crippen LogP contribution in [0, 0.1) is 6.92 Å². The van der Waals surface area contributed by atoms with Crippen molar-refractivity contribution in [2.75, 3.05) is 0 Å². The number of aryl methyl sites for hydroxylation is 1. The Kier molecular flexibility index (Phi) is 2.40. The Balaban J connectivity index is 1.97. The van der Waals surface area contributed by atoms with Crippen LogP contribution in [-0.4, -0.2) is 0 Å². The van der Waals surface area contributed by atoms with Gasteiger partial charge in [0.05, 0.1) is 0 Å². The van der Waals surface area contributed by atoms with Crippen LogP contribution < -0.4 is 0 Å². The lowest BCUT2D eigenvalue weighted by Crippen LogP contribution is -1.78. The fraction of sp³-hybridized carbons (Fsp3) is 0.0526. The van der Waals surface area contributed by atoms with Gasteiger partial charge in [0.25, 0.3) is 0 Å². The van der Waals surface area contributed by atoms with Crippen molar-refractivity contribution in [3.63, 3.8) is 0 Å². The van der Waals surface area contributed by atoms with Crippen molar-refractivity contribution in [2.24, 2.45) is 0 Å². The van der Waals surface area contributed by atoms with E-state index in [1.54, 1.807) is 0 Å². The Bertz CT molecular complexity index is 898. The van der Waals surface area contributed by atoms with Crippen LogP contribution in [0.2, 0.25) is 0 Å². The molecule has 20 heavy (non-hydrogen) atoms. The van der Waals surface area contributed by atoms with Gasteiger partial charge in [0.1, 0.15) is 11.2 Å². The van der Waals surface area contributed by atoms with Gasteiger partial charge in [0.15, 0.2) is 0 Å². The van der Waals surface area contributed by atoms with Crippen molar-refractivity contribution in [3.8, 4) is 11.1 Å². The number of hydrogen-bond acceptors (Lipinski definition) is 1. The summed E-state index contributed by atoms with van der Waals surface area (Å²) in [6, 6.07) is 23.2. The van der Waals surface area contributed by atoms with Gasteiger partial charge in [-0.1, -0.05) is 54.1 Å². The highest BCUT2D eigenvalue weighted by Gasteiger charge is 2.07. The zero-order valence-corrected chi connectivity index (χ0v) is 11.3. The molecule has 1 nitrogen and oxygen atoms in total. The molecule has 3 aromatic carbocycles. The van der Waals surface area contributed by atoms with Crippen LogP contribution in [0.15, 0.2) is 71.1 Å². The number of furan rings is 1. The van der Waals surface area contributed by atoms with Crippen LogP contribution in [0.3, 0.4) is 0 Å². The van der Waals surface area contributed by atoms with Gasteiger partial charge in [0.2, 0.25) is 0 Å². The SMILES string of the molecule is Cc1ccc(-c2ccc3oc4ccccc4c3c2)cc1. The first-order valence-corrected chi connectivity index (χ1v) is 6.79. The molecule has 0 aliphatic heterocycles. The molecule has 1 aromatic heterocycles. The van der Waals surface area contributed by atoms with E-state index in [1.165, 1.54) is 27.5 Å². The van der Waals surface area contributed by atoms with E-state index in [-0.39, 0.29) is 0 Å². The predicted octanol–water partition coefficient (Wildman–Crippen LogP) is 5.56. The molecule has 0 aliphatic rings. The summed E-state index contributed by atoms with van der Waals surface area (Å²) in [6.07, 6.45) is 0. The van der Waals surface area contributed by atoms with Crippen molar-refractivity contribution in [1.82, 2.24) is 0 Å². The molecule has 0 fully saturated rings. The van der Waals surface area contributed by atoms with E-state index in [2.05, 4.69) is 61.5 Å². The molecule has 0 saturated carbocycles. The third kappa shape index (κ3) is 1.71. The predicted molar refractivity (Wildman–Crippen MR) is 83.9 cm³/mol. The van der Waals surface area contributed by atoms with Gasteiger partial charge in [-0.2, -0.15) is 0 Å². The molecular formula is C19H14O. The normalized spacial score (nSPS) is 11.2. The minimum absolute atomic E-state index is 0.946. The molecule has 0 radical (unpaired) electrons. The first-order valence-electron chi connectivity index (χ1n) is 6.79. The van der Waals surface area contributed by atoms with E-state index >= 15 is 0 Å². The van der Waals surface area contributed by atoms with Crippen LogP contribution in [0.5, 0.6) is 0 Å². The highest BCUT2D eigenvalue weighted by Crippen LogP contribution is 2.32. The summed E-state index contributed by atoms with van der Waals surface area (Å²) in [5.74, 6) is 0. The lowest BCUT2D eigenvalue weighted by molar-refractivity contribution is 0.669. The van der Waals surface area contributed by atoms with Gasteiger partial charge >= 0.3 is 0 Å². The minimum atomic E-state index is 0.946. The second-order valence-electron chi connectivity index (χ2n) is 5.18. The van der Waals surface area contributed by atoms with Gasteiger partial charge in [-0.25, -0.2) is 0 Å². The summed E-state index contributed by atoms with van der Waals surface area (Å²) in [6.45, 7) is 2.11. The topological polar surface area (TPSA) is 13.1 Å². The summed E-state index contributed by atoms with van der Waals surface area (Å²) in [4.78, 5) is 0. The summed E-state index contributed by atoms with van der Waals surface area (Å²) in [5.41, 5.74) is 5.64. The van der Waals surface area contributed by atoms with Crippen LogP contribution in [0.1, 0.15) is 5.56 Å². The molecule has 0 saturated heterocycles. The molecule has 0 aliphatic carbocycles. The molecule has 0 amide bonds. The van der Waals surface area contributed by atoms with Gasteiger partial charge < -0.3 is 4.42 Å². The van der Waals surface area contributed by atoms with Crippen LogP contribution in [0.4, 0.5) is 0 Å². The zero-order valence-electron chi connectivity index (χ0n) is 11.3. The molecule has 4 aromatic rings. The maximum atomic E-state index is 5.86. The number of para-hydroxylation sites is 1. The fourth-order valence-corrected chi connectivity index (χ4v) is 2.65. The molecular weight excluding hydrogens is 244 g/mol. The first kappa shape index (κ1) is 11.3. The van der Waals surface area contributed by atoms with E-state index < -0.39 is 0 Å². The van der Waals surface area contributed by atoms with E-state index in [0.29, 0.717) is 0 Å². The zero-order chi connectivity index (χ0) is 13.5. The summed E-state index contributed by atoms with van der Waals surface area (Å²) in [7, 11) is 0. The average Bonchev–Trinajstić information content (AvgIpc) is 2.86. The Hall–Kier alpha value is -2.54. The maximum Gasteiger partial charge on any atom is 0.135 e. The average molecular weight is 258 g/mol. The number of rotatable bonds is 1. The van der Waals surface area contributed by atoms with Gasteiger partial charge in [-0.3, -0.25) is 0 Å². The molecule has 1 heterocycles. The standard InChI is InChI=1S/C19H14O/c1-13-6-8-14(9-7-13)15-10-11-19-17(12-15)16-4-2-3-5-18(16)20-19/h2-12H,1H3. The quantitative estimate of drug-likeness (QED) is 0.435. The molecule has 0 N–H and O–H groups in total. The van der Waals surface area contributed by atoms with Gasteiger partial charge in [0, 0.05) is 10.8 Å². The molecule has 4 rings (SSSR count). The Labute approximate surface area is 117 Å². The highest BCUT2D eigenvalue weighted by molar-refractivity contribution is 6.06. The monoisotopic (exact) mass is 258 g/mol. The molecule has 96 valence electrons. The van der Waals surface area contributed by atoms with Crippen molar-refractivity contribution >= 4 is 21.9 Å². The van der Waals surface area contributed by atoms with Crippen LogP contribution in [-0.2, 0) is 0 Å². The smallest absolute Gasteiger partial charge is 0.135 e. The van der Waals surface area contributed by atoms with Crippen LogP contribution in [0.25, 0.3) is 33.1 Å². The van der Waals surface area contributed by atoms with Crippen molar-refractivity contribution < 1.29 is 4.42 Å². The molecule has 1 heteroatoms. The second kappa shape index (κ2) is 4.24. The summed E-state index contributed by atoms with van der Waals surface area (Å²) < 4.78 is 5.86. The van der Waals surface area contributed by atoms with Gasteiger partial charge in [-0.15, -0.1) is 0 Å². The molecule has 0 bridgehead atoms. The highest BCUT2D eigenvalue weighted by atomic mass is 16.3. The van der Waals surface area contributed by atoms with Crippen molar-refractivity contribution in [2.45, 2.75) is 6.92 Å². The van der Waals surface area contributed by atoms with Crippen molar-refractivity contribution in [1.29, 1.82) is 0 Å². The van der Waals surface area contributed by atoms with E-state index in [0.717, 1.165) is 11.2 Å². The molecule has 0 spiro atoms. The maximum absolute atomic E-state index is 5.86. The van der Waals surface area contributed by atoms with E-state index in [4.69, 9.17) is 4.42 Å². The summed E-state index contributed by atoms with van der Waals surface area (Å²) in [5, 5.41) is 2.36. The number of benzene rings is 3. The fourth-order valence-electron chi connectivity index (χ4n) is 2.65. The largest absolute Gasteiger partial charge is 0.456 e. The summed E-state index contributed by atoms with van der Waals surface area (Å²) >= 11 is 0. The third-order valence-electron chi connectivity index (χ3n) is 3.76. The third-order valence-corrected chi connectivity index (χ3v) is 3.76. The number of fused-ring (bicyclic) bond motifs is 3. The van der Waals surface area contributed by atoms with Crippen molar-refractivity contribution in [3.05, 3.63) is 72.3 Å². The minimum Gasteiger partial charge on any atom is -0.456 e. The number of hydrogen-bond donors (Lipinski definition) is 0. The Morgan fingerprint density at radius 3 is 2.20 bits per heavy atom. The lowest BCUT2D eigenvalue weighted by atomic mass is 10.0. The Morgan fingerprint density at radius 2 is 1.35 bits per heavy atom. The molecule has 0 atom stereocenters. The van der Waals surface area contributed by atoms with E-state index in [9.17, 15) is 0 Å². The van der Waals surface area contributed by atoms with Gasteiger partial charge in [-0.05, 0) is 36.2 Å². The first-order chi connectivity index (χ1) is 9.81. The lowest BCUT2D eigenvalue weighted by Gasteiger charge is -2.02. The Morgan fingerprint density at radius 1 is 0.650 bits per heavy atom. The second-order valence-corrected chi connectivity index (χ2v) is 5.18.